The highest BCUT2D eigenvalue weighted by Gasteiger charge is 2.00. The predicted octanol–water partition coefficient (Wildman–Crippen LogP) is 1.13. The van der Waals surface area contributed by atoms with E-state index in [1.807, 2.05) is 13.8 Å². The van der Waals surface area contributed by atoms with Gasteiger partial charge in [0.05, 0.1) is 11.4 Å². The summed E-state index contributed by atoms with van der Waals surface area (Å²) in [6.45, 7) is 7.03. The number of hydrogen-bond donors (Lipinski definition) is 1. The van der Waals surface area contributed by atoms with E-state index >= 15 is 0 Å². The highest BCUT2D eigenvalue weighted by Crippen LogP contribution is 2.04. The Balaban J connectivity index is 2.29. The molecule has 16 heavy (non-hydrogen) atoms. The van der Waals surface area contributed by atoms with Gasteiger partial charge in [-0.25, -0.2) is 0 Å². The quantitative estimate of drug-likeness (QED) is 0.733. The van der Waals surface area contributed by atoms with Gasteiger partial charge in [0.25, 0.3) is 0 Å². The first-order valence-electron chi connectivity index (χ1n) is 5.75. The normalized spacial score (nSPS) is 11.1. The third kappa shape index (κ3) is 4.68. The van der Waals surface area contributed by atoms with Crippen LogP contribution < -0.4 is 5.32 Å². The van der Waals surface area contributed by atoms with Crippen molar-refractivity contribution in [1.29, 1.82) is 0 Å². The van der Waals surface area contributed by atoms with Crippen LogP contribution in [0.4, 0.5) is 0 Å². The van der Waals surface area contributed by atoms with Crippen molar-refractivity contribution >= 4 is 0 Å². The molecular weight excluding hydrogens is 200 g/mol. The van der Waals surface area contributed by atoms with Crippen LogP contribution in [0.25, 0.3) is 0 Å². The molecular formula is C12H22N4. The maximum Gasteiger partial charge on any atom is 0.0645 e. The van der Waals surface area contributed by atoms with E-state index in [1.54, 1.807) is 0 Å². The van der Waals surface area contributed by atoms with Gasteiger partial charge in [-0.05, 0) is 59.1 Å². The molecule has 0 aliphatic heterocycles. The second-order valence-electron chi connectivity index (χ2n) is 4.43. The SMILES string of the molecule is Cc1cc(CNCCCN(C)C)c(C)nn1. The lowest BCUT2D eigenvalue weighted by Crippen LogP contribution is -2.21. The fraction of sp³-hybridized carbons (Fsp3) is 0.667. The predicted molar refractivity (Wildman–Crippen MR) is 66.4 cm³/mol. The molecule has 0 atom stereocenters. The molecule has 1 aromatic rings. The largest absolute Gasteiger partial charge is 0.313 e. The van der Waals surface area contributed by atoms with Crippen LogP contribution in [0, 0.1) is 13.8 Å². The lowest BCUT2D eigenvalue weighted by atomic mass is 10.2. The van der Waals surface area contributed by atoms with Crippen molar-refractivity contribution in [3.8, 4) is 0 Å². The number of rotatable bonds is 6. The Morgan fingerprint density at radius 3 is 2.69 bits per heavy atom. The lowest BCUT2D eigenvalue weighted by molar-refractivity contribution is 0.394. The first-order valence-corrected chi connectivity index (χ1v) is 5.75. The summed E-state index contributed by atoms with van der Waals surface area (Å²) in [6, 6.07) is 2.10. The van der Waals surface area contributed by atoms with Crippen LogP contribution in [0.1, 0.15) is 23.4 Å². The fourth-order valence-corrected chi connectivity index (χ4v) is 1.53. The summed E-state index contributed by atoms with van der Waals surface area (Å²) in [5, 5.41) is 11.6. The molecule has 0 radical (unpaired) electrons. The first-order chi connectivity index (χ1) is 7.59. The molecule has 0 aliphatic rings. The summed E-state index contributed by atoms with van der Waals surface area (Å²) >= 11 is 0. The zero-order valence-corrected chi connectivity index (χ0v) is 10.7. The molecule has 0 saturated heterocycles. The Morgan fingerprint density at radius 1 is 1.25 bits per heavy atom. The van der Waals surface area contributed by atoms with E-state index in [9.17, 15) is 0 Å². The van der Waals surface area contributed by atoms with Crippen LogP contribution >= 0.6 is 0 Å². The zero-order chi connectivity index (χ0) is 12.0. The molecule has 1 heterocycles. The smallest absolute Gasteiger partial charge is 0.0645 e. The van der Waals surface area contributed by atoms with E-state index in [-0.39, 0.29) is 0 Å². The number of hydrogen-bond acceptors (Lipinski definition) is 4. The van der Waals surface area contributed by atoms with Crippen LogP contribution in [0.3, 0.4) is 0 Å². The van der Waals surface area contributed by atoms with Gasteiger partial charge in [0.15, 0.2) is 0 Å². The minimum absolute atomic E-state index is 0.885. The van der Waals surface area contributed by atoms with Crippen molar-refractivity contribution < 1.29 is 0 Å². The zero-order valence-electron chi connectivity index (χ0n) is 10.7. The van der Waals surface area contributed by atoms with Gasteiger partial charge < -0.3 is 10.2 Å². The van der Waals surface area contributed by atoms with Gasteiger partial charge in [-0.1, -0.05) is 0 Å². The molecule has 90 valence electrons. The Morgan fingerprint density at radius 2 is 2.00 bits per heavy atom. The van der Waals surface area contributed by atoms with E-state index in [0.29, 0.717) is 0 Å². The topological polar surface area (TPSA) is 41.0 Å². The summed E-state index contributed by atoms with van der Waals surface area (Å²) < 4.78 is 0. The van der Waals surface area contributed by atoms with E-state index in [0.717, 1.165) is 31.0 Å². The van der Waals surface area contributed by atoms with Crippen molar-refractivity contribution in [2.24, 2.45) is 0 Å². The van der Waals surface area contributed by atoms with Gasteiger partial charge in [-0.2, -0.15) is 10.2 Å². The molecule has 1 rings (SSSR count). The highest BCUT2D eigenvalue weighted by atomic mass is 15.1. The maximum atomic E-state index is 4.11. The molecule has 1 aromatic heterocycles. The molecule has 4 nitrogen and oxygen atoms in total. The third-order valence-electron chi connectivity index (χ3n) is 2.48. The monoisotopic (exact) mass is 222 g/mol. The van der Waals surface area contributed by atoms with E-state index in [2.05, 4.69) is 40.6 Å². The lowest BCUT2D eigenvalue weighted by Gasteiger charge is -2.10. The summed E-state index contributed by atoms with van der Waals surface area (Å²) in [7, 11) is 4.20. The summed E-state index contributed by atoms with van der Waals surface area (Å²) in [6.07, 6.45) is 1.17. The fourth-order valence-electron chi connectivity index (χ4n) is 1.53. The standard InChI is InChI=1S/C12H22N4/c1-10-8-12(11(2)15-14-10)9-13-6-5-7-16(3)4/h8,13H,5-7,9H2,1-4H3. The van der Waals surface area contributed by atoms with Crippen molar-refractivity contribution in [2.75, 3.05) is 27.2 Å². The second kappa shape index (κ2) is 6.55. The molecule has 0 spiro atoms. The van der Waals surface area contributed by atoms with Crippen LogP contribution in [-0.2, 0) is 6.54 Å². The molecule has 4 heteroatoms. The molecule has 0 fully saturated rings. The number of nitrogens with one attached hydrogen (secondary N) is 1. The Hall–Kier alpha value is -1.00. The molecule has 0 aromatic carbocycles. The Labute approximate surface area is 98.1 Å². The van der Waals surface area contributed by atoms with Gasteiger partial charge in [-0.15, -0.1) is 0 Å². The van der Waals surface area contributed by atoms with Gasteiger partial charge in [0.1, 0.15) is 0 Å². The van der Waals surface area contributed by atoms with Crippen LogP contribution in [0.15, 0.2) is 6.07 Å². The first kappa shape index (κ1) is 13.1. The van der Waals surface area contributed by atoms with Gasteiger partial charge in [-0.3, -0.25) is 0 Å². The van der Waals surface area contributed by atoms with Gasteiger partial charge in [0.2, 0.25) is 0 Å². The molecule has 0 aliphatic carbocycles. The van der Waals surface area contributed by atoms with Gasteiger partial charge >= 0.3 is 0 Å². The highest BCUT2D eigenvalue weighted by molar-refractivity contribution is 5.19. The molecule has 0 unspecified atom stereocenters. The number of aromatic nitrogens is 2. The third-order valence-corrected chi connectivity index (χ3v) is 2.48. The second-order valence-corrected chi connectivity index (χ2v) is 4.43. The van der Waals surface area contributed by atoms with Crippen molar-refractivity contribution in [3.05, 3.63) is 23.0 Å². The minimum Gasteiger partial charge on any atom is -0.313 e. The molecule has 0 bridgehead atoms. The summed E-state index contributed by atoms with van der Waals surface area (Å²) in [4.78, 5) is 2.20. The number of nitrogens with zero attached hydrogens (tertiary/aromatic N) is 3. The molecule has 0 saturated carbocycles. The average molecular weight is 222 g/mol. The van der Waals surface area contributed by atoms with E-state index < -0.39 is 0 Å². The minimum atomic E-state index is 0.885. The van der Waals surface area contributed by atoms with Crippen LogP contribution in [0.2, 0.25) is 0 Å². The molecule has 0 amide bonds. The van der Waals surface area contributed by atoms with Gasteiger partial charge in [0, 0.05) is 6.54 Å². The van der Waals surface area contributed by atoms with Crippen molar-refractivity contribution in [2.45, 2.75) is 26.8 Å². The summed E-state index contributed by atoms with van der Waals surface area (Å²) in [5.41, 5.74) is 3.25. The summed E-state index contributed by atoms with van der Waals surface area (Å²) in [5.74, 6) is 0. The Kier molecular flexibility index (Phi) is 5.35. The average Bonchev–Trinajstić information content (AvgIpc) is 2.22. The van der Waals surface area contributed by atoms with Crippen molar-refractivity contribution in [3.63, 3.8) is 0 Å². The Bertz CT molecular complexity index is 323. The molecule has 1 N–H and O–H groups in total. The maximum absolute atomic E-state index is 4.11. The van der Waals surface area contributed by atoms with E-state index in [4.69, 9.17) is 0 Å². The van der Waals surface area contributed by atoms with Crippen LogP contribution in [-0.4, -0.2) is 42.3 Å². The van der Waals surface area contributed by atoms with Crippen molar-refractivity contribution in [1.82, 2.24) is 20.4 Å². The number of aryl methyl sites for hydroxylation is 2. The van der Waals surface area contributed by atoms with Crippen LogP contribution in [0.5, 0.6) is 0 Å². The van der Waals surface area contributed by atoms with E-state index in [1.165, 1.54) is 12.0 Å².